The van der Waals surface area contributed by atoms with Crippen molar-refractivity contribution in [2.24, 2.45) is 7.05 Å². The number of aromatic nitrogens is 2. The van der Waals surface area contributed by atoms with E-state index in [9.17, 15) is 4.79 Å². The van der Waals surface area contributed by atoms with Crippen LogP contribution in [0.3, 0.4) is 0 Å². The molecule has 1 aromatic heterocycles. The predicted molar refractivity (Wildman–Crippen MR) is 83.5 cm³/mol. The van der Waals surface area contributed by atoms with Crippen molar-refractivity contribution in [1.82, 2.24) is 15.1 Å². The predicted octanol–water partition coefficient (Wildman–Crippen LogP) is 1.96. The molecule has 0 amide bonds. The van der Waals surface area contributed by atoms with Crippen LogP contribution in [-0.2, 0) is 13.6 Å². The van der Waals surface area contributed by atoms with Crippen LogP contribution >= 0.6 is 0 Å². The molecule has 112 valence electrons. The van der Waals surface area contributed by atoms with Crippen LogP contribution < -0.4 is 15.6 Å². The molecule has 5 heteroatoms. The van der Waals surface area contributed by atoms with Crippen LogP contribution in [-0.4, -0.2) is 23.4 Å². The van der Waals surface area contributed by atoms with Gasteiger partial charge in [-0.15, -0.1) is 0 Å². The molecule has 2 rings (SSSR count). The molecular weight excluding hydrogens is 266 g/mol. The van der Waals surface area contributed by atoms with Crippen LogP contribution in [0.5, 0.6) is 5.75 Å². The van der Waals surface area contributed by atoms with E-state index in [1.165, 1.54) is 4.68 Å². The number of nitrogens with one attached hydrogen (secondary N) is 1. The molecule has 0 unspecified atom stereocenters. The van der Waals surface area contributed by atoms with Crippen LogP contribution in [0.15, 0.2) is 35.1 Å². The van der Waals surface area contributed by atoms with Crippen molar-refractivity contribution in [3.8, 4) is 17.0 Å². The van der Waals surface area contributed by atoms with Crippen molar-refractivity contribution in [2.45, 2.75) is 19.9 Å². The first-order valence-corrected chi connectivity index (χ1v) is 7.10. The first kappa shape index (κ1) is 15.3. The summed E-state index contributed by atoms with van der Waals surface area (Å²) >= 11 is 0. The highest BCUT2D eigenvalue weighted by atomic mass is 16.5. The largest absolute Gasteiger partial charge is 0.494 e. The zero-order valence-corrected chi connectivity index (χ0v) is 12.7. The van der Waals surface area contributed by atoms with E-state index in [4.69, 9.17) is 4.74 Å². The highest BCUT2D eigenvalue weighted by Gasteiger charge is 2.07. The van der Waals surface area contributed by atoms with Crippen molar-refractivity contribution >= 4 is 0 Å². The molecule has 0 spiro atoms. The number of benzene rings is 1. The van der Waals surface area contributed by atoms with Gasteiger partial charge in [0.25, 0.3) is 5.56 Å². The molecular formula is C16H21N3O2. The minimum atomic E-state index is -0.0731. The van der Waals surface area contributed by atoms with Crippen molar-refractivity contribution in [3.63, 3.8) is 0 Å². The first-order chi connectivity index (χ1) is 10.2. The van der Waals surface area contributed by atoms with Crippen molar-refractivity contribution in [3.05, 3.63) is 46.2 Å². The Hall–Kier alpha value is -2.14. The Morgan fingerprint density at radius 2 is 2.00 bits per heavy atom. The number of ether oxygens (including phenoxy) is 1. The van der Waals surface area contributed by atoms with Crippen LogP contribution in [0, 0.1) is 0 Å². The van der Waals surface area contributed by atoms with Crippen molar-refractivity contribution in [2.75, 3.05) is 13.7 Å². The van der Waals surface area contributed by atoms with Crippen LogP contribution in [0.4, 0.5) is 0 Å². The maximum Gasteiger partial charge on any atom is 0.271 e. The van der Waals surface area contributed by atoms with E-state index in [-0.39, 0.29) is 5.56 Å². The van der Waals surface area contributed by atoms with Gasteiger partial charge in [-0.1, -0.05) is 6.92 Å². The summed E-state index contributed by atoms with van der Waals surface area (Å²) in [6.07, 6.45) is 0.984. The van der Waals surface area contributed by atoms with E-state index >= 15 is 0 Å². The lowest BCUT2D eigenvalue weighted by Crippen LogP contribution is -2.26. The van der Waals surface area contributed by atoms with Crippen molar-refractivity contribution in [1.29, 1.82) is 0 Å². The van der Waals surface area contributed by atoms with E-state index in [1.54, 1.807) is 7.05 Å². The lowest BCUT2D eigenvalue weighted by molar-refractivity contribution is 0.317. The summed E-state index contributed by atoms with van der Waals surface area (Å²) in [7, 11) is 3.49. The average molecular weight is 287 g/mol. The fourth-order valence-corrected chi connectivity index (χ4v) is 2.07. The third-order valence-electron chi connectivity index (χ3n) is 3.13. The third kappa shape index (κ3) is 3.70. The van der Waals surface area contributed by atoms with Crippen LogP contribution in [0.1, 0.15) is 18.9 Å². The average Bonchev–Trinajstić information content (AvgIpc) is 2.50. The number of aryl methyl sites for hydroxylation is 1. The zero-order chi connectivity index (χ0) is 15.2. The quantitative estimate of drug-likeness (QED) is 0.882. The minimum Gasteiger partial charge on any atom is -0.494 e. The Morgan fingerprint density at radius 3 is 2.62 bits per heavy atom. The Bertz CT molecular complexity index is 648. The third-order valence-corrected chi connectivity index (χ3v) is 3.13. The molecule has 0 bridgehead atoms. The Labute approximate surface area is 124 Å². The van der Waals surface area contributed by atoms with E-state index in [0.717, 1.165) is 23.4 Å². The Morgan fingerprint density at radius 1 is 1.29 bits per heavy atom. The second kappa shape index (κ2) is 7.04. The lowest BCUT2D eigenvalue weighted by atomic mass is 10.1. The molecule has 1 aromatic carbocycles. The fourth-order valence-electron chi connectivity index (χ4n) is 2.07. The number of nitrogens with zero attached hydrogens (tertiary/aromatic N) is 2. The highest BCUT2D eigenvalue weighted by Crippen LogP contribution is 2.20. The Balaban J connectivity index is 2.31. The monoisotopic (exact) mass is 287 g/mol. The summed E-state index contributed by atoms with van der Waals surface area (Å²) in [4.78, 5) is 12.0. The van der Waals surface area contributed by atoms with Gasteiger partial charge in [-0.2, -0.15) is 5.10 Å². The molecule has 0 radical (unpaired) electrons. The molecule has 0 saturated carbocycles. The molecule has 0 aliphatic carbocycles. The molecule has 1 N–H and O–H groups in total. The summed E-state index contributed by atoms with van der Waals surface area (Å²) < 4.78 is 6.94. The fraction of sp³-hybridized carbons (Fsp3) is 0.375. The van der Waals surface area contributed by atoms with E-state index in [0.29, 0.717) is 18.7 Å². The first-order valence-electron chi connectivity index (χ1n) is 7.10. The van der Waals surface area contributed by atoms with Gasteiger partial charge in [0.05, 0.1) is 12.3 Å². The SMILES string of the molecule is CCCOc1ccc(-c2cc(CNC)c(=O)n(C)n2)cc1. The molecule has 21 heavy (non-hydrogen) atoms. The standard InChI is InChI=1S/C16H21N3O2/c1-4-9-21-14-7-5-12(6-8-14)15-10-13(11-17-2)16(20)19(3)18-15/h5-8,10,17H,4,9,11H2,1-3H3. The maximum absolute atomic E-state index is 12.0. The molecule has 1 heterocycles. The van der Waals surface area contributed by atoms with Crippen LogP contribution in [0.25, 0.3) is 11.3 Å². The summed E-state index contributed by atoms with van der Waals surface area (Å²) in [5.74, 6) is 0.848. The number of rotatable bonds is 6. The van der Waals surface area contributed by atoms with Gasteiger partial charge in [-0.3, -0.25) is 4.79 Å². The second-order valence-corrected chi connectivity index (χ2v) is 4.89. The van der Waals surface area contributed by atoms with Gasteiger partial charge in [0.2, 0.25) is 0 Å². The van der Waals surface area contributed by atoms with Gasteiger partial charge >= 0.3 is 0 Å². The molecule has 0 atom stereocenters. The summed E-state index contributed by atoms with van der Waals surface area (Å²) in [5, 5.41) is 7.32. The molecule has 0 aliphatic heterocycles. The van der Waals surface area contributed by atoms with Crippen LogP contribution in [0.2, 0.25) is 0 Å². The van der Waals surface area contributed by atoms with Gasteiger partial charge in [0.1, 0.15) is 5.75 Å². The van der Waals surface area contributed by atoms with Crippen molar-refractivity contribution < 1.29 is 4.74 Å². The highest BCUT2D eigenvalue weighted by molar-refractivity contribution is 5.60. The molecule has 0 aliphatic rings. The second-order valence-electron chi connectivity index (χ2n) is 4.89. The molecule has 5 nitrogen and oxygen atoms in total. The molecule has 2 aromatic rings. The molecule has 0 fully saturated rings. The van der Waals surface area contributed by atoms with E-state index in [2.05, 4.69) is 17.3 Å². The van der Waals surface area contributed by atoms with Gasteiger partial charge in [-0.05, 0) is 43.8 Å². The summed E-state index contributed by atoms with van der Waals surface area (Å²) in [5.41, 5.74) is 2.38. The van der Waals surface area contributed by atoms with Gasteiger partial charge < -0.3 is 10.1 Å². The number of hydrogen-bond acceptors (Lipinski definition) is 4. The minimum absolute atomic E-state index is 0.0731. The van der Waals surface area contributed by atoms with Gasteiger partial charge in [-0.25, -0.2) is 4.68 Å². The smallest absolute Gasteiger partial charge is 0.271 e. The zero-order valence-electron chi connectivity index (χ0n) is 12.7. The maximum atomic E-state index is 12.0. The Kier molecular flexibility index (Phi) is 5.11. The molecule has 0 saturated heterocycles. The summed E-state index contributed by atoms with van der Waals surface area (Å²) in [6.45, 7) is 3.32. The van der Waals surface area contributed by atoms with E-state index < -0.39 is 0 Å². The van der Waals surface area contributed by atoms with Gasteiger partial charge in [0, 0.05) is 24.7 Å². The topological polar surface area (TPSA) is 56.1 Å². The van der Waals surface area contributed by atoms with Gasteiger partial charge in [0.15, 0.2) is 0 Å². The lowest BCUT2D eigenvalue weighted by Gasteiger charge is -2.08. The number of hydrogen-bond donors (Lipinski definition) is 1. The summed E-state index contributed by atoms with van der Waals surface area (Å²) in [6, 6.07) is 9.60. The normalized spacial score (nSPS) is 10.6. The van der Waals surface area contributed by atoms with E-state index in [1.807, 2.05) is 37.4 Å².